The van der Waals surface area contributed by atoms with Gasteiger partial charge in [0.1, 0.15) is 11.5 Å². The van der Waals surface area contributed by atoms with Gasteiger partial charge in [-0.15, -0.1) is 0 Å². The second kappa shape index (κ2) is 8.77. The zero-order chi connectivity index (χ0) is 21.1. The highest BCUT2D eigenvalue weighted by Crippen LogP contribution is 2.28. The fourth-order valence-corrected chi connectivity index (χ4v) is 3.65. The first-order valence-corrected chi connectivity index (χ1v) is 10.6. The molecule has 4 rings (SSSR count). The largest absolute Gasteiger partial charge is 0.507 e. The molecule has 0 saturated carbocycles. The predicted molar refractivity (Wildman–Crippen MR) is 126 cm³/mol. The molecule has 4 aromatic rings. The van der Waals surface area contributed by atoms with Crippen LogP contribution in [0, 0.1) is 0 Å². The van der Waals surface area contributed by atoms with Gasteiger partial charge in [-0.05, 0) is 36.4 Å². The van der Waals surface area contributed by atoms with Gasteiger partial charge < -0.3 is 10.9 Å². The Hall–Kier alpha value is -3.03. The van der Waals surface area contributed by atoms with Crippen molar-refractivity contribution in [3.63, 3.8) is 0 Å². The number of benzene rings is 3. The number of halogens is 2. The van der Waals surface area contributed by atoms with E-state index in [4.69, 9.17) is 15.8 Å². The lowest BCUT2D eigenvalue weighted by Gasteiger charge is -2.12. The Morgan fingerprint density at radius 3 is 2.20 bits per heavy atom. The Bertz CT molecular complexity index is 1230. The molecule has 1 aromatic heterocycles. The molecule has 30 heavy (non-hydrogen) atoms. The number of nitrogens with two attached hydrogens (primary N) is 1. The summed E-state index contributed by atoms with van der Waals surface area (Å²) in [5.41, 5.74) is 3.88. The third kappa shape index (κ3) is 4.27. The van der Waals surface area contributed by atoms with Crippen LogP contribution in [0.5, 0.6) is 5.75 Å². The molecule has 0 spiro atoms. The van der Waals surface area contributed by atoms with Crippen LogP contribution in [0.15, 0.2) is 92.9 Å². The van der Waals surface area contributed by atoms with E-state index in [9.17, 15) is 5.11 Å². The molecule has 1 heterocycles. The molecular formula is C23H16Br2N4O. The van der Waals surface area contributed by atoms with E-state index >= 15 is 0 Å². The molecule has 0 unspecified atom stereocenters. The number of nitrogens with zero attached hydrogens (tertiary/aromatic N) is 3. The van der Waals surface area contributed by atoms with Crippen LogP contribution in [-0.2, 0) is 0 Å². The smallest absolute Gasteiger partial charge is 0.160 e. The van der Waals surface area contributed by atoms with E-state index in [1.54, 1.807) is 18.2 Å². The Balaban J connectivity index is 1.93. The number of phenols is 1. The fraction of sp³-hybridized carbons (Fsp3) is 0. The first-order valence-electron chi connectivity index (χ1n) is 9.03. The fourth-order valence-electron chi connectivity index (χ4n) is 3.02. The van der Waals surface area contributed by atoms with Gasteiger partial charge in [0.05, 0.1) is 11.4 Å². The molecule has 0 radical (unpaired) electrons. The van der Waals surface area contributed by atoms with Crippen LogP contribution in [0.25, 0.3) is 22.6 Å². The number of hydrazone groups is 1. The van der Waals surface area contributed by atoms with Gasteiger partial charge in [0.2, 0.25) is 0 Å². The van der Waals surface area contributed by atoms with Gasteiger partial charge in [0.25, 0.3) is 0 Å². The Labute approximate surface area is 190 Å². The van der Waals surface area contributed by atoms with Gasteiger partial charge in [-0.1, -0.05) is 74.3 Å². The molecule has 0 fully saturated rings. The van der Waals surface area contributed by atoms with E-state index in [0.29, 0.717) is 22.8 Å². The second-order valence-corrected chi connectivity index (χ2v) is 8.31. The number of aromatic nitrogens is 2. The number of aromatic hydroxyl groups is 1. The maximum Gasteiger partial charge on any atom is 0.160 e. The zero-order valence-electron chi connectivity index (χ0n) is 15.6. The average molecular weight is 524 g/mol. The van der Waals surface area contributed by atoms with Crippen LogP contribution in [0.2, 0.25) is 0 Å². The van der Waals surface area contributed by atoms with Gasteiger partial charge in [0.15, 0.2) is 5.82 Å². The topological polar surface area (TPSA) is 84.4 Å². The molecule has 148 valence electrons. The Morgan fingerprint density at radius 1 is 0.800 bits per heavy atom. The van der Waals surface area contributed by atoms with E-state index in [0.717, 1.165) is 25.8 Å². The molecule has 0 aliphatic heterocycles. The Morgan fingerprint density at radius 2 is 1.50 bits per heavy atom. The summed E-state index contributed by atoms with van der Waals surface area (Å²) in [6.07, 6.45) is 0. The molecule has 3 aromatic carbocycles. The van der Waals surface area contributed by atoms with E-state index < -0.39 is 0 Å². The van der Waals surface area contributed by atoms with E-state index in [1.807, 2.05) is 60.7 Å². The molecule has 0 amide bonds. The highest BCUT2D eigenvalue weighted by molar-refractivity contribution is 9.10. The number of hydrogen-bond donors (Lipinski definition) is 2. The van der Waals surface area contributed by atoms with Crippen LogP contribution in [0.1, 0.15) is 11.3 Å². The van der Waals surface area contributed by atoms with Gasteiger partial charge in [-0.3, -0.25) is 0 Å². The normalized spacial score (nSPS) is 11.5. The third-order valence-electron chi connectivity index (χ3n) is 4.48. The molecule has 0 aliphatic rings. The lowest BCUT2D eigenvalue weighted by atomic mass is 10.0. The molecule has 7 heteroatoms. The van der Waals surface area contributed by atoms with Gasteiger partial charge in [0, 0.05) is 25.6 Å². The summed E-state index contributed by atoms with van der Waals surface area (Å²) in [6.45, 7) is 0. The van der Waals surface area contributed by atoms with Crippen molar-refractivity contribution in [2.24, 2.45) is 10.9 Å². The molecule has 0 aliphatic carbocycles. The maximum absolute atomic E-state index is 10.4. The number of rotatable bonds is 4. The summed E-state index contributed by atoms with van der Waals surface area (Å²) in [4.78, 5) is 9.47. The monoisotopic (exact) mass is 522 g/mol. The first-order chi connectivity index (χ1) is 14.5. The molecule has 0 atom stereocenters. The zero-order valence-corrected chi connectivity index (χ0v) is 18.8. The Kier molecular flexibility index (Phi) is 5.92. The standard InChI is InChI=1S/C23H16Br2N4O/c24-16-8-6-15(7-9-16)23-27-19(14-4-2-1-3-5-14)13-20(28-23)22(29-26)18-12-17(25)10-11-21(18)30/h1-13,30H,26H2/b29-22+. The summed E-state index contributed by atoms with van der Waals surface area (Å²) in [6, 6.07) is 24.5. The second-order valence-electron chi connectivity index (χ2n) is 6.47. The van der Waals surface area contributed by atoms with E-state index in [2.05, 4.69) is 37.0 Å². The van der Waals surface area contributed by atoms with Crippen LogP contribution in [0.3, 0.4) is 0 Å². The van der Waals surface area contributed by atoms with Crippen molar-refractivity contribution in [2.75, 3.05) is 0 Å². The van der Waals surface area contributed by atoms with Crippen molar-refractivity contribution < 1.29 is 5.11 Å². The van der Waals surface area contributed by atoms with Crippen LogP contribution < -0.4 is 5.84 Å². The minimum Gasteiger partial charge on any atom is -0.507 e. The summed E-state index contributed by atoms with van der Waals surface area (Å²) in [5, 5.41) is 14.3. The average Bonchev–Trinajstić information content (AvgIpc) is 2.77. The van der Waals surface area contributed by atoms with Crippen molar-refractivity contribution >= 4 is 37.6 Å². The van der Waals surface area contributed by atoms with E-state index in [1.165, 1.54) is 0 Å². The lowest BCUT2D eigenvalue weighted by molar-refractivity contribution is 0.474. The van der Waals surface area contributed by atoms with E-state index in [-0.39, 0.29) is 5.75 Å². The quantitative estimate of drug-likeness (QED) is 0.202. The van der Waals surface area contributed by atoms with Crippen LogP contribution >= 0.6 is 31.9 Å². The summed E-state index contributed by atoms with van der Waals surface area (Å²) in [5.74, 6) is 6.35. The predicted octanol–water partition coefficient (Wildman–Crippen LogP) is 5.75. The van der Waals surface area contributed by atoms with Gasteiger partial charge in [-0.25, -0.2) is 9.97 Å². The molecule has 0 bridgehead atoms. The van der Waals surface area contributed by atoms with Gasteiger partial charge >= 0.3 is 0 Å². The van der Waals surface area contributed by atoms with Crippen molar-refractivity contribution in [1.29, 1.82) is 0 Å². The maximum atomic E-state index is 10.4. The minimum atomic E-state index is 0.0625. The van der Waals surface area contributed by atoms with Crippen LogP contribution in [-0.4, -0.2) is 20.8 Å². The lowest BCUT2D eigenvalue weighted by Crippen LogP contribution is -2.11. The van der Waals surface area contributed by atoms with Crippen molar-refractivity contribution in [3.8, 4) is 28.4 Å². The molecule has 0 saturated heterocycles. The van der Waals surface area contributed by atoms with Crippen molar-refractivity contribution in [1.82, 2.24) is 9.97 Å². The number of hydrogen-bond acceptors (Lipinski definition) is 5. The summed E-state index contributed by atoms with van der Waals surface area (Å²) >= 11 is 6.89. The molecule has 3 N–H and O–H groups in total. The first kappa shape index (κ1) is 20.3. The summed E-state index contributed by atoms with van der Waals surface area (Å²) < 4.78 is 1.76. The minimum absolute atomic E-state index is 0.0625. The molecular weight excluding hydrogens is 508 g/mol. The SMILES string of the molecule is N/N=C(/c1cc(-c2ccccc2)nc(-c2ccc(Br)cc2)n1)c1cc(Br)ccc1O. The van der Waals surface area contributed by atoms with Crippen LogP contribution in [0.4, 0.5) is 0 Å². The number of phenolic OH excluding ortho intramolecular Hbond substituents is 1. The van der Waals surface area contributed by atoms with Crippen molar-refractivity contribution in [2.45, 2.75) is 0 Å². The highest BCUT2D eigenvalue weighted by atomic mass is 79.9. The summed E-state index contributed by atoms with van der Waals surface area (Å²) in [7, 11) is 0. The molecule has 5 nitrogen and oxygen atoms in total. The highest BCUT2D eigenvalue weighted by Gasteiger charge is 2.17. The van der Waals surface area contributed by atoms with Gasteiger partial charge in [-0.2, -0.15) is 5.10 Å². The van der Waals surface area contributed by atoms with Crippen molar-refractivity contribution in [3.05, 3.63) is 99.1 Å². The third-order valence-corrected chi connectivity index (χ3v) is 5.51.